The molecular weight excluding hydrogens is 222 g/mol. The lowest BCUT2D eigenvalue weighted by Gasteiger charge is -2.07. The van der Waals surface area contributed by atoms with Crippen LogP contribution in [0.5, 0.6) is 0 Å². The van der Waals surface area contributed by atoms with Crippen molar-refractivity contribution in [2.24, 2.45) is 0 Å². The Balaban J connectivity index is 2.10. The Bertz CT molecular complexity index is 497. The van der Waals surface area contributed by atoms with Crippen molar-refractivity contribution in [2.75, 3.05) is 6.54 Å². The smallest absolute Gasteiger partial charge is 0.0997 e. The highest BCUT2D eigenvalue weighted by Gasteiger charge is 2.03. The Labute approximate surface area is 109 Å². The molecule has 1 aromatic heterocycles. The minimum Gasteiger partial charge on any atom is -0.313 e. The highest BCUT2D eigenvalue weighted by atomic mass is 15.1. The molecule has 0 aliphatic carbocycles. The second kappa shape index (κ2) is 5.83. The summed E-state index contributed by atoms with van der Waals surface area (Å²) in [6.07, 6.45) is 3.06. The van der Waals surface area contributed by atoms with Gasteiger partial charge in [0.05, 0.1) is 12.0 Å². The second-order valence-electron chi connectivity index (χ2n) is 4.63. The number of hydrogen-bond donors (Lipinski definition) is 1. The molecule has 2 rings (SSSR count). The highest BCUT2D eigenvalue weighted by molar-refractivity contribution is 5.37. The molecule has 0 radical (unpaired) electrons. The molecule has 3 heteroatoms. The van der Waals surface area contributed by atoms with Crippen LogP contribution in [0.4, 0.5) is 0 Å². The van der Waals surface area contributed by atoms with Gasteiger partial charge in [-0.15, -0.1) is 0 Å². The predicted molar refractivity (Wildman–Crippen MR) is 75.0 cm³/mol. The average molecular weight is 243 g/mol. The molecule has 0 unspecified atom stereocenters. The van der Waals surface area contributed by atoms with Crippen molar-refractivity contribution in [3.05, 3.63) is 47.5 Å². The third-order valence-corrected chi connectivity index (χ3v) is 3.22. The van der Waals surface area contributed by atoms with Crippen LogP contribution in [0.1, 0.15) is 30.3 Å². The Morgan fingerprint density at radius 3 is 2.44 bits per heavy atom. The molecular formula is C15H21N3. The number of imidazole rings is 1. The molecule has 18 heavy (non-hydrogen) atoms. The standard InChI is InChI=1S/C15H21N3/c1-4-9-16-10-14-5-7-15(8-6-14)18-11-17-12(2)13(18)3/h5-8,11,16H,4,9-10H2,1-3H3. The van der Waals surface area contributed by atoms with Gasteiger partial charge in [0, 0.05) is 17.9 Å². The Kier molecular flexibility index (Phi) is 4.15. The van der Waals surface area contributed by atoms with E-state index in [0.717, 1.165) is 18.8 Å². The van der Waals surface area contributed by atoms with Crippen LogP contribution in [-0.2, 0) is 6.54 Å². The van der Waals surface area contributed by atoms with Crippen LogP contribution < -0.4 is 5.32 Å². The fourth-order valence-electron chi connectivity index (χ4n) is 1.94. The van der Waals surface area contributed by atoms with Crippen molar-refractivity contribution in [3.63, 3.8) is 0 Å². The van der Waals surface area contributed by atoms with E-state index in [-0.39, 0.29) is 0 Å². The van der Waals surface area contributed by atoms with Gasteiger partial charge in [-0.3, -0.25) is 0 Å². The Morgan fingerprint density at radius 1 is 1.17 bits per heavy atom. The summed E-state index contributed by atoms with van der Waals surface area (Å²) in [7, 11) is 0. The summed E-state index contributed by atoms with van der Waals surface area (Å²) in [6.45, 7) is 8.33. The van der Waals surface area contributed by atoms with Gasteiger partial charge in [0.15, 0.2) is 0 Å². The van der Waals surface area contributed by atoms with Crippen LogP contribution in [0.2, 0.25) is 0 Å². The molecule has 0 saturated carbocycles. The van der Waals surface area contributed by atoms with E-state index < -0.39 is 0 Å². The third-order valence-electron chi connectivity index (χ3n) is 3.22. The molecule has 0 atom stereocenters. The maximum absolute atomic E-state index is 4.33. The van der Waals surface area contributed by atoms with E-state index >= 15 is 0 Å². The van der Waals surface area contributed by atoms with Crippen LogP contribution in [-0.4, -0.2) is 16.1 Å². The summed E-state index contributed by atoms with van der Waals surface area (Å²) in [6, 6.07) is 8.65. The third kappa shape index (κ3) is 2.79. The molecule has 0 spiro atoms. The maximum Gasteiger partial charge on any atom is 0.0997 e. The minimum atomic E-state index is 0.941. The van der Waals surface area contributed by atoms with Crippen molar-refractivity contribution in [1.29, 1.82) is 0 Å². The first-order valence-corrected chi connectivity index (χ1v) is 6.53. The molecule has 1 aromatic carbocycles. The maximum atomic E-state index is 4.33. The van der Waals surface area contributed by atoms with Crippen LogP contribution >= 0.6 is 0 Å². The van der Waals surface area contributed by atoms with Crippen molar-refractivity contribution in [1.82, 2.24) is 14.9 Å². The number of rotatable bonds is 5. The summed E-state index contributed by atoms with van der Waals surface area (Å²) in [5.74, 6) is 0. The van der Waals surface area contributed by atoms with Gasteiger partial charge in [-0.1, -0.05) is 19.1 Å². The number of nitrogens with zero attached hydrogens (tertiary/aromatic N) is 2. The van der Waals surface area contributed by atoms with Crippen LogP contribution in [0.15, 0.2) is 30.6 Å². The van der Waals surface area contributed by atoms with Gasteiger partial charge in [0.25, 0.3) is 0 Å². The van der Waals surface area contributed by atoms with Gasteiger partial charge in [0.1, 0.15) is 0 Å². The molecule has 1 heterocycles. The number of nitrogens with one attached hydrogen (secondary N) is 1. The lowest BCUT2D eigenvalue weighted by Crippen LogP contribution is -2.13. The molecule has 0 bridgehead atoms. The first kappa shape index (κ1) is 12.8. The first-order valence-electron chi connectivity index (χ1n) is 6.53. The zero-order chi connectivity index (χ0) is 13.0. The molecule has 0 amide bonds. The second-order valence-corrected chi connectivity index (χ2v) is 4.63. The molecule has 0 saturated heterocycles. The van der Waals surface area contributed by atoms with Gasteiger partial charge in [0.2, 0.25) is 0 Å². The average Bonchev–Trinajstić information content (AvgIpc) is 2.72. The van der Waals surface area contributed by atoms with Gasteiger partial charge in [-0.05, 0) is 44.5 Å². The lowest BCUT2D eigenvalue weighted by atomic mass is 10.2. The number of benzene rings is 1. The van der Waals surface area contributed by atoms with Crippen molar-refractivity contribution in [3.8, 4) is 5.69 Å². The first-order chi connectivity index (χ1) is 8.72. The quantitative estimate of drug-likeness (QED) is 0.818. The Morgan fingerprint density at radius 2 is 1.89 bits per heavy atom. The molecule has 3 nitrogen and oxygen atoms in total. The predicted octanol–water partition coefficient (Wildman–Crippen LogP) is 2.99. The molecule has 1 N–H and O–H groups in total. The van der Waals surface area contributed by atoms with Gasteiger partial charge < -0.3 is 9.88 Å². The summed E-state index contributed by atoms with van der Waals surface area (Å²) < 4.78 is 2.12. The molecule has 2 aromatic rings. The molecule has 0 aliphatic rings. The summed E-state index contributed by atoms with van der Waals surface area (Å²) in [4.78, 5) is 4.33. The van der Waals surface area contributed by atoms with Crippen LogP contribution in [0.3, 0.4) is 0 Å². The molecule has 0 aliphatic heterocycles. The van der Waals surface area contributed by atoms with E-state index in [4.69, 9.17) is 0 Å². The highest BCUT2D eigenvalue weighted by Crippen LogP contribution is 2.14. The van der Waals surface area contributed by atoms with E-state index in [9.17, 15) is 0 Å². The topological polar surface area (TPSA) is 29.9 Å². The lowest BCUT2D eigenvalue weighted by molar-refractivity contribution is 0.675. The Hall–Kier alpha value is -1.61. The van der Waals surface area contributed by atoms with E-state index in [1.54, 1.807) is 0 Å². The normalized spacial score (nSPS) is 10.8. The van der Waals surface area contributed by atoms with E-state index in [1.807, 2.05) is 13.3 Å². The van der Waals surface area contributed by atoms with Crippen LogP contribution in [0, 0.1) is 13.8 Å². The van der Waals surface area contributed by atoms with E-state index in [1.165, 1.54) is 23.4 Å². The van der Waals surface area contributed by atoms with Gasteiger partial charge in [-0.25, -0.2) is 4.98 Å². The number of hydrogen-bond acceptors (Lipinski definition) is 2. The fourth-order valence-corrected chi connectivity index (χ4v) is 1.94. The summed E-state index contributed by atoms with van der Waals surface area (Å²) >= 11 is 0. The molecule has 0 fully saturated rings. The van der Waals surface area contributed by atoms with Crippen molar-refractivity contribution < 1.29 is 0 Å². The zero-order valence-electron chi connectivity index (χ0n) is 11.4. The summed E-state index contributed by atoms with van der Waals surface area (Å²) in [5, 5.41) is 3.41. The SMILES string of the molecule is CCCNCc1ccc(-n2cnc(C)c2C)cc1. The minimum absolute atomic E-state index is 0.941. The van der Waals surface area contributed by atoms with Gasteiger partial charge >= 0.3 is 0 Å². The van der Waals surface area contributed by atoms with Crippen molar-refractivity contribution in [2.45, 2.75) is 33.7 Å². The molecule has 96 valence electrons. The summed E-state index contributed by atoms with van der Waals surface area (Å²) in [5.41, 5.74) is 4.78. The zero-order valence-corrected chi connectivity index (χ0v) is 11.4. The number of aromatic nitrogens is 2. The fraction of sp³-hybridized carbons (Fsp3) is 0.400. The van der Waals surface area contributed by atoms with Crippen LogP contribution in [0.25, 0.3) is 5.69 Å². The van der Waals surface area contributed by atoms with Crippen molar-refractivity contribution >= 4 is 0 Å². The monoisotopic (exact) mass is 243 g/mol. The van der Waals surface area contributed by atoms with Gasteiger partial charge in [-0.2, -0.15) is 0 Å². The van der Waals surface area contributed by atoms with E-state index in [0.29, 0.717) is 0 Å². The number of aryl methyl sites for hydroxylation is 1. The van der Waals surface area contributed by atoms with E-state index in [2.05, 4.69) is 53.0 Å². The largest absolute Gasteiger partial charge is 0.313 e.